The van der Waals surface area contributed by atoms with Crippen molar-refractivity contribution >= 4 is 21.6 Å². The van der Waals surface area contributed by atoms with Crippen LogP contribution in [0.25, 0.3) is 0 Å². The Kier molecular flexibility index (Phi) is 3.78. The summed E-state index contributed by atoms with van der Waals surface area (Å²) in [6.07, 6.45) is 0. The Morgan fingerprint density at radius 2 is 1.85 bits per heavy atom. The van der Waals surface area contributed by atoms with Crippen LogP contribution in [0.2, 0.25) is 0 Å². The Balaban J connectivity index is 1.72. The van der Waals surface area contributed by atoms with Gasteiger partial charge in [0.2, 0.25) is 0 Å². The first-order chi connectivity index (χ1) is 9.72. The predicted octanol–water partition coefficient (Wildman–Crippen LogP) is 3.97. The lowest BCUT2D eigenvalue weighted by atomic mass is 10.2. The monoisotopic (exact) mass is 337 g/mol. The molecule has 0 aliphatic carbocycles. The smallest absolute Gasteiger partial charge is 0.161 e. The summed E-state index contributed by atoms with van der Waals surface area (Å²) in [7, 11) is 0. The molecule has 0 bridgehead atoms. The van der Waals surface area contributed by atoms with E-state index < -0.39 is 0 Å². The summed E-state index contributed by atoms with van der Waals surface area (Å²) in [4.78, 5) is 0. The minimum Gasteiger partial charge on any atom is -0.486 e. The fourth-order valence-corrected chi connectivity index (χ4v) is 2.36. The molecule has 0 radical (unpaired) electrons. The number of hydrogen-bond donors (Lipinski definition) is 1. The van der Waals surface area contributed by atoms with Crippen LogP contribution in [0.3, 0.4) is 0 Å². The maximum atomic E-state index is 13.7. The van der Waals surface area contributed by atoms with E-state index in [9.17, 15) is 4.39 Å². The van der Waals surface area contributed by atoms with Crippen molar-refractivity contribution in [2.75, 3.05) is 18.5 Å². The lowest BCUT2D eigenvalue weighted by molar-refractivity contribution is 0.171. The largest absolute Gasteiger partial charge is 0.486 e. The number of benzene rings is 2. The molecule has 5 heteroatoms. The van der Waals surface area contributed by atoms with E-state index in [2.05, 4.69) is 21.2 Å². The third-order valence-corrected chi connectivity index (χ3v) is 3.51. The lowest BCUT2D eigenvalue weighted by Gasteiger charge is -2.19. The highest BCUT2D eigenvalue weighted by molar-refractivity contribution is 9.10. The van der Waals surface area contributed by atoms with Crippen molar-refractivity contribution in [1.29, 1.82) is 0 Å². The molecule has 0 saturated heterocycles. The van der Waals surface area contributed by atoms with E-state index in [0.29, 0.717) is 25.4 Å². The molecular formula is C15H13BrFNO2. The third kappa shape index (κ3) is 2.88. The molecule has 0 amide bonds. The van der Waals surface area contributed by atoms with Gasteiger partial charge >= 0.3 is 0 Å². The number of rotatable bonds is 3. The Morgan fingerprint density at radius 3 is 2.65 bits per heavy atom. The summed E-state index contributed by atoms with van der Waals surface area (Å²) in [5, 5.41) is 3.07. The fraction of sp³-hybridized carbons (Fsp3) is 0.200. The maximum absolute atomic E-state index is 13.7. The molecule has 0 saturated carbocycles. The van der Waals surface area contributed by atoms with E-state index in [1.165, 1.54) is 6.07 Å². The molecule has 0 aromatic heterocycles. The van der Waals surface area contributed by atoms with Crippen LogP contribution in [0.15, 0.2) is 40.9 Å². The van der Waals surface area contributed by atoms with Crippen LogP contribution in [-0.4, -0.2) is 13.2 Å². The van der Waals surface area contributed by atoms with Gasteiger partial charge in [-0.05, 0) is 35.9 Å². The second-order valence-corrected chi connectivity index (χ2v) is 5.37. The number of nitrogens with one attached hydrogen (secondary N) is 1. The first kappa shape index (κ1) is 13.2. The van der Waals surface area contributed by atoms with Gasteiger partial charge in [-0.2, -0.15) is 0 Å². The average Bonchev–Trinajstić information content (AvgIpc) is 2.46. The van der Waals surface area contributed by atoms with Crippen LogP contribution >= 0.6 is 15.9 Å². The zero-order valence-corrected chi connectivity index (χ0v) is 12.2. The first-order valence-corrected chi connectivity index (χ1v) is 7.09. The van der Waals surface area contributed by atoms with Crippen molar-refractivity contribution < 1.29 is 13.9 Å². The number of halogens is 2. The molecule has 1 N–H and O–H groups in total. The number of hydrogen-bond acceptors (Lipinski definition) is 3. The second kappa shape index (κ2) is 5.71. The molecule has 2 aromatic rings. The Bertz CT molecular complexity index is 633. The van der Waals surface area contributed by atoms with E-state index >= 15 is 0 Å². The van der Waals surface area contributed by atoms with E-state index in [1.807, 2.05) is 18.2 Å². The highest BCUT2D eigenvalue weighted by Crippen LogP contribution is 2.31. The van der Waals surface area contributed by atoms with Crippen molar-refractivity contribution in [2.24, 2.45) is 0 Å². The predicted molar refractivity (Wildman–Crippen MR) is 78.9 cm³/mol. The summed E-state index contributed by atoms with van der Waals surface area (Å²) < 4.78 is 25.4. The summed E-state index contributed by atoms with van der Waals surface area (Å²) in [6, 6.07) is 10.7. The molecule has 104 valence electrons. The van der Waals surface area contributed by atoms with Gasteiger partial charge in [-0.25, -0.2) is 4.39 Å². The fourth-order valence-electron chi connectivity index (χ4n) is 2.03. The van der Waals surface area contributed by atoms with Gasteiger partial charge in [-0.1, -0.05) is 22.0 Å². The molecule has 0 unspecified atom stereocenters. The van der Waals surface area contributed by atoms with Crippen LogP contribution in [0.4, 0.5) is 10.1 Å². The molecule has 3 rings (SSSR count). The zero-order valence-electron chi connectivity index (χ0n) is 10.7. The van der Waals surface area contributed by atoms with Crippen molar-refractivity contribution in [3.05, 3.63) is 52.3 Å². The SMILES string of the molecule is Fc1cc(Br)ccc1NCc1ccc2c(c1)OCCO2. The molecule has 0 atom stereocenters. The molecule has 1 aliphatic heterocycles. The first-order valence-electron chi connectivity index (χ1n) is 6.30. The standard InChI is InChI=1S/C15H13BrFNO2/c16-11-2-3-13(12(17)8-11)18-9-10-1-4-14-15(7-10)20-6-5-19-14/h1-4,7-8,18H,5-6,9H2. The van der Waals surface area contributed by atoms with Gasteiger partial charge in [0.25, 0.3) is 0 Å². The highest BCUT2D eigenvalue weighted by Gasteiger charge is 2.11. The molecule has 2 aromatic carbocycles. The highest BCUT2D eigenvalue weighted by atomic mass is 79.9. The minimum atomic E-state index is -0.281. The third-order valence-electron chi connectivity index (χ3n) is 3.02. The van der Waals surface area contributed by atoms with E-state index in [4.69, 9.17) is 9.47 Å². The molecule has 3 nitrogen and oxygen atoms in total. The lowest BCUT2D eigenvalue weighted by Crippen LogP contribution is -2.15. The summed E-state index contributed by atoms with van der Waals surface area (Å²) in [5.74, 6) is 1.22. The van der Waals surface area contributed by atoms with Crippen LogP contribution < -0.4 is 14.8 Å². The van der Waals surface area contributed by atoms with Gasteiger partial charge in [0, 0.05) is 11.0 Å². The van der Waals surface area contributed by atoms with Crippen LogP contribution in [0, 0.1) is 5.82 Å². The summed E-state index contributed by atoms with van der Waals surface area (Å²) in [5.41, 5.74) is 1.49. The summed E-state index contributed by atoms with van der Waals surface area (Å²) >= 11 is 3.24. The number of fused-ring (bicyclic) bond motifs is 1. The van der Waals surface area contributed by atoms with Crippen molar-refractivity contribution in [1.82, 2.24) is 0 Å². The van der Waals surface area contributed by atoms with Crippen LogP contribution in [0.1, 0.15) is 5.56 Å². The number of anilines is 1. The molecule has 0 spiro atoms. The van der Waals surface area contributed by atoms with Gasteiger partial charge in [0.05, 0.1) is 5.69 Å². The molecule has 0 fully saturated rings. The second-order valence-electron chi connectivity index (χ2n) is 4.46. The maximum Gasteiger partial charge on any atom is 0.161 e. The van der Waals surface area contributed by atoms with Gasteiger partial charge in [0.1, 0.15) is 19.0 Å². The summed E-state index contributed by atoms with van der Waals surface area (Å²) in [6.45, 7) is 1.66. The van der Waals surface area contributed by atoms with Crippen LogP contribution in [0.5, 0.6) is 11.5 Å². The Morgan fingerprint density at radius 1 is 1.05 bits per heavy atom. The normalized spacial score (nSPS) is 13.1. The van der Waals surface area contributed by atoms with Gasteiger partial charge in [-0.3, -0.25) is 0 Å². The van der Waals surface area contributed by atoms with E-state index in [0.717, 1.165) is 21.5 Å². The van der Waals surface area contributed by atoms with Gasteiger partial charge in [-0.15, -0.1) is 0 Å². The zero-order chi connectivity index (χ0) is 13.9. The van der Waals surface area contributed by atoms with Crippen molar-refractivity contribution in [2.45, 2.75) is 6.54 Å². The molecule has 1 aliphatic rings. The molecule has 20 heavy (non-hydrogen) atoms. The Labute approximate surface area is 124 Å². The molecular weight excluding hydrogens is 325 g/mol. The van der Waals surface area contributed by atoms with Crippen molar-refractivity contribution in [3.8, 4) is 11.5 Å². The minimum absolute atomic E-state index is 0.281. The van der Waals surface area contributed by atoms with Gasteiger partial charge in [0.15, 0.2) is 11.5 Å². The quantitative estimate of drug-likeness (QED) is 0.919. The number of ether oxygens (including phenoxy) is 2. The Hall–Kier alpha value is -1.75. The van der Waals surface area contributed by atoms with E-state index in [-0.39, 0.29) is 5.82 Å². The van der Waals surface area contributed by atoms with Crippen LogP contribution in [-0.2, 0) is 6.54 Å². The topological polar surface area (TPSA) is 30.5 Å². The van der Waals surface area contributed by atoms with E-state index in [1.54, 1.807) is 12.1 Å². The van der Waals surface area contributed by atoms with Crippen molar-refractivity contribution in [3.63, 3.8) is 0 Å². The van der Waals surface area contributed by atoms with Gasteiger partial charge < -0.3 is 14.8 Å². The molecule has 1 heterocycles. The average molecular weight is 338 g/mol.